The van der Waals surface area contributed by atoms with Crippen molar-refractivity contribution >= 4 is 29.0 Å². The quantitative estimate of drug-likeness (QED) is 0.762. The molecule has 4 rings (SSSR count). The van der Waals surface area contributed by atoms with Crippen LogP contribution in [0.1, 0.15) is 11.7 Å². The van der Waals surface area contributed by atoms with E-state index in [1.165, 1.54) is 0 Å². The molecular weight excluding hydrogens is 274 g/mol. The zero-order valence-electron chi connectivity index (χ0n) is 11.8. The number of aromatic nitrogens is 2. The van der Waals surface area contributed by atoms with Gasteiger partial charge in [-0.3, -0.25) is 9.88 Å². The van der Waals surface area contributed by atoms with Gasteiger partial charge in [-0.1, -0.05) is 48.5 Å². The van der Waals surface area contributed by atoms with Gasteiger partial charge in [0.25, 0.3) is 0 Å². The van der Waals surface area contributed by atoms with Crippen molar-refractivity contribution in [1.82, 2.24) is 9.55 Å². The lowest BCUT2D eigenvalue weighted by atomic mass is 10.2. The molecule has 2 aromatic carbocycles. The van der Waals surface area contributed by atoms with Crippen LogP contribution in [0.2, 0.25) is 0 Å². The average Bonchev–Trinajstić information content (AvgIpc) is 2.91. The molecule has 0 saturated carbocycles. The Labute approximate surface area is 127 Å². The van der Waals surface area contributed by atoms with E-state index < -0.39 is 0 Å². The Morgan fingerprint density at radius 1 is 1.05 bits per heavy atom. The number of rotatable bonds is 2. The number of hydrogen-bond acceptors (Lipinski definition) is 4. The summed E-state index contributed by atoms with van der Waals surface area (Å²) in [5, 5.41) is 3.02. The van der Waals surface area contributed by atoms with Crippen LogP contribution in [0.15, 0.2) is 65.7 Å². The Morgan fingerprint density at radius 2 is 1.82 bits per heavy atom. The molecule has 1 aromatic heterocycles. The van der Waals surface area contributed by atoms with Crippen molar-refractivity contribution in [2.75, 3.05) is 5.32 Å². The van der Waals surface area contributed by atoms with Crippen molar-refractivity contribution in [3.8, 4) is 0 Å². The molecule has 1 aliphatic heterocycles. The van der Waals surface area contributed by atoms with Crippen LogP contribution in [0.4, 0.5) is 5.95 Å². The largest absolute Gasteiger partial charge is 0.370 e. The lowest BCUT2D eigenvalue weighted by Gasteiger charge is -2.21. The molecule has 0 bridgehead atoms. The number of anilines is 1. The Kier molecular flexibility index (Phi) is 2.89. The molecule has 1 aliphatic rings. The lowest BCUT2D eigenvalue weighted by molar-refractivity contribution is 0.650. The minimum absolute atomic E-state index is 0.205. The van der Waals surface area contributed by atoms with Gasteiger partial charge in [0.1, 0.15) is 0 Å². The van der Waals surface area contributed by atoms with Crippen molar-refractivity contribution in [3.05, 3.63) is 66.2 Å². The maximum atomic E-state index is 5.88. The summed E-state index contributed by atoms with van der Waals surface area (Å²) in [4.78, 5) is 9.05. The second-order valence-corrected chi connectivity index (χ2v) is 5.12. The van der Waals surface area contributed by atoms with Gasteiger partial charge in [0.2, 0.25) is 5.95 Å². The summed E-state index contributed by atoms with van der Waals surface area (Å²) in [7, 11) is 0. The molecule has 0 spiro atoms. The van der Waals surface area contributed by atoms with Gasteiger partial charge in [-0.15, -0.1) is 0 Å². The highest BCUT2D eigenvalue weighted by atomic mass is 15.4. The van der Waals surface area contributed by atoms with E-state index in [1.54, 1.807) is 0 Å². The highest BCUT2D eigenvalue weighted by Crippen LogP contribution is 2.28. The molecule has 22 heavy (non-hydrogen) atoms. The van der Waals surface area contributed by atoms with Gasteiger partial charge < -0.3 is 5.73 Å². The van der Waals surface area contributed by atoms with E-state index >= 15 is 0 Å². The van der Waals surface area contributed by atoms with Gasteiger partial charge in [0.15, 0.2) is 12.1 Å². The maximum Gasteiger partial charge on any atom is 0.212 e. The fourth-order valence-electron chi connectivity index (χ4n) is 2.64. The van der Waals surface area contributed by atoms with Crippen LogP contribution in [0.5, 0.6) is 0 Å². The number of para-hydroxylation sites is 2. The monoisotopic (exact) mass is 289 g/mol. The van der Waals surface area contributed by atoms with Crippen LogP contribution in [-0.4, -0.2) is 15.5 Å². The Bertz CT molecular complexity index is 876. The molecule has 0 fully saturated rings. The Balaban J connectivity index is 1.79. The van der Waals surface area contributed by atoms with Crippen LogP contribution in [0.3, 0.4) is 0 Å². The van der Waals surface area contributed by atoms with Crippen molar-refractivity contribution in [2.45, 2.75) is 6.17 Å². The summed E-state index contributed by atoms with van der Waals surface area (Å²) >= 11 is 0. The van der Waals surface area contributed by atoms with Gasteiger partial charge in [-0.05, 0) is 23.8 Å². The molecule has 0 radical (unpaired) electrons. The molecule has 1 atom stereocenters. The van der Waals surface area contributed by atoms with E-state index in [9.17, 15) is 0 Å². The Morgan fingerprint density at radius 3 is 2.68 bits per heavy atom. The van der Waals surface area contributed by atoms with Crippen molar-refractivity contribution in [1.29, 1.82) is 0 Å². The molecule has 2 heterocycles. The maximum absolute atomic E-state index is 5.88. The van der Waals surface area contributed by atoms with Gasteiger partial charge in [0.05, 0.1) is 11.0 Å². The molecule has 0 unspecified atom stereocenters. The lowest BCUT2D eigenvalue weighted by Crippen LogP contribution is -2.30. The third kappa shape index (κ3) is 2.13. The number of hydrogen-bond donors (Lipinski definition) is 2. The Hall–Kier alpha value is -3.08. The first-order valence-corrected chi connectivity index (χ1v) is 7.12. The highest BCUT2D eigenvalue weighted by molar-refractivity contribution is 5.94. The standard InChI is InChI=1S/C17H15N5/c18-16-20-15(11-10-12-6-2-1-3-7-12)22-14-9-5-4-8-13(14)19-17(22)21-16/h1-11,15H,(H3,18,19,20,21)/b11-10+/t15-/m1/s1. The molecule has 5 heteroatoms. The second-order valence-electron chi connectivity index (χ2n) is 5.12. The number of nitrogens with one attached hydrogen (secondary N) is 1. The summed E-state index contributed by atoms with van der Waals surface area (Å²) in [5.74, 6) is 1.10. The van der Waals surface area contributed by atoms with Crippen LogP contribution in [0, 0.1) is 0 Å². The summed E-state index contributed by atoms with van der Waals surface area (Å²) in [6.45, 7) is 0. The highest BCUT2D eigenvalue weighted by Gasteiger charge is 2.21. The first-order chi connectivity index (χ1) is 10.8. The van der Waals surface area contributed by atoms with E-state index in [-0.39, 0.29) is 6.17 Å². The summed E-state index contributed by atoms with van der Waals surface area (Å²) in [6, 6.07) is 18.1. The topological polar surface area (TPSA) is 68.2 Å². The molecule has 108 valence electrons. The van der Waals surface area contributed by atoms with E-state index in [0.717, 1.165) is 22.5 Å². The summed E-state index contributed by atoms with van der Waals surface area (Å²) < 4.78 is 2.05. The molecule has 0 amide bonds. The number of nitrogens with zero attached hydrogens (tertiary/aromatic N) is 3. The van der Waals surface area contributed by atoms with Gasteiger partial charge in [0, 0.05) is 0 Å². The first kappa shape index (κ1) is 12.6. The number of imidazole rings is 1. The minimum Gasteiger partial charge on any atom is -0.370 e. The molecule has 0 saturated heterocycles. The fourth-order valence-corrected chi connectivity index (χ4v) is 2.64. The minimum atomic E-state index is -0.205. The van der Waals surface area contributed by atoms with Crippen LogP contribution >= 0.6 is 0 Å². The van der Waals surface area contributed by atoms with Crippen LogP contribution < -0.4 is 11.1 Å². The number of guanidine groups is 1. The molecule has 3 aromatic rings. The molecule has 5 nitrogen and oxygen atoms in total. The van der Waals surface area contributed by atoms with Gasteiger partial charge in [-0.2, -0.15) is 0 Å². The number of fused-ring (bicyclic) bond motifs is 3. The predicted octanol–water partition coefficient (Wildman–Crippen LogP) is 2.99. The summed E-state index contributed by atoms with van der Waals surface area (Å²) in [5.41, 5.74) is 8.96. The third-order valence-corrected chi connectivity index (χ3v) is 3.63. The van der Waals surface area contributed by atoms with Crippen LogP contribution in [0.25, 0.3) is 17.1 Å². The average molecular weight is 289 g/mol. The van der Waals surface area contributed by atoms with Crippen molar-refractivity contribution in [2.24, 2.45) is 10.7 Å². The van der Waals surface area contributed by atoms with Gasteiger partial charge >= 0.3 is 0 Å². The number of aliphatic imine (C=N–C) groups is 1. The fraction of sp³-hybridized carbons (Fsp3) is 0.0588. The molecule has 3 N–H and O–H groups in total. The van der Waals surface area contributed by atoms with E-state index in [2.05, 4.69) is 27.4 Å². The van der Waals surface area contributed by atoms with E-state index in [1.807, 2.05) is 59.2 Å². The summed E-state index contributed by atoms with van der Waals surface area (Å²) in [6.07, 6.45) is 3.87. The normalized spacial score (nSPS) is 17.3. The number of benzene rings is 2. The smallest absolute Gasteiger partial charge is 0.212 e. The van der Waals surface area contributed by atoms with E-state index in [0.29, 0.717) is 5.96 Å². The zero-order valence-corrected chi connectivity index (χ0v) is 11.8. The first-order valence-electron chi connectivity index (χ1n) is 7.12. The zero-order chi connectivity index (χ0) is 14.9. The van der Waals surface area contributed by atoms with E-state index in [4.69, 9.17) is 5.73 Å². The second kappa shape index (κ2) is 5.04. The van der Waals surface area contributed by atoms with Crippen LogP contribution in [-0.2, 0) is 0 Å². The number of nitrogens with two attached hydrogens (primary N) is 1. The molecule has 0 aliphatic carbocycles. The predicted molar refractivity (Wildman–Crippen MR) is 89.5 cm³/mol. The van der Waals surface area contributed by atoms with Gasteiger partial charge in [-0.25, -0.2) is 9.98 Å². The van der Waals surface area contributed by atoms with Crippen molar-refractivity contribution in [3.63, 3.8) is 0 Å². The SMILES string of the molecule is NC1=N[C@@H](/C=C/c2ccccc2)n2c(nc3ccccc32)N1. The molecular formula is C17H15N5. The van der Waals surface area contributed by atoms with Crippen molar-refractivity contribution < 1.29 is 0 Å². The third-order valence-electron chi connectivity index (χ3n) is 3.63.